The van der Waals surface area contributed by atoms with Crippen molar-refractivity contribution in [3.8, 4) is 6.07 Å². The molecule has 1 amide bonds. The van der Waals surface area contributed by atoms with Gasteiger partial charge in [-0.25, -0.2) is 12.7 Å². The number of nitriles is 1. The van der Waals surface area contributed by atoms with Crippen LogP contribution in [0.2, 0.25) is 0 Å². The van der Waals surface area contributed by atoms with Crippen LogP contribution in [-0.4, -0.2) is 71.3 Å². The summed E-state index contributed by atoms with van der Waals surface area (Å²) < 4.78 is 70.7. The Balaban J connectivity index is 1.91. The van der Waals surface area contributed by atoms with Crippen molar-refractivity contribution in [2.75, 3.05) is 57.6 Å². The van der Waals surface area contributed by atoms with Crippen LogP contribution in [0.5, 0.6) is 0 Å². The second-order valence-corrected chi connectivity index (χ2v) is 10.6. The van der Waals surface area contributed by atoms with Crippen molar-refractivity contribution >= 4 is 21.6 Å². The van der Waals surface area contributed by atoms with Crippen molar-refractivity contribution in [3.63, 3.8) is 0 Å². The van der Waals surface area contributed by atoms with E-state index in [4.69, 9.17) is 10.00 Å². The third-order valence-corrected chi connectivity index (χ3v) is 7.85. The monoisotopic (exact) mass is 488 g/mol. The van der Waals surface area contributed by atoms with Crippen LogP contribution in [0, 0.1) is 22.7 Å². The van der Waals surface area contributed by atoms with Crippen molar-refractivity contribution in [2.45, 2.75) is 19.0 Å². The lowest BCUT2D eigenvalue weighted by atomic mass is 9.71. The number of benzene rings is 1. The van der Waals surface area contributed by atoms with E-state index in [0.29, 0.717) is 32.5 Å². The Bertz CT molecular complexity index is 1030. The van der Waals surface area contributed by atoms with Crippen molar-refractivity contribution < 1.29 is 31.1 Å². The maximum absolute atomic E-state index is 13.5. The largest absolute Gasteiger partial charge is 0.417 e. The van der Waals surface area contributed by atoms with E-state index in [-0.39, 0.29) is 31.2 Å². The van der Waals surface area contributed by atoms with E-state index in [1.165, 1.54) is 17.5 Å². The maximum atomic E-state index is 13.5. The number of hydrogen-bond donors (Lipinski definition) is 1. The number of hydrogen-bond acceptors (Lipinski definition) is 6. The summed E-state index contributed by atoms with van der Waals surface area (Å²) in [5.74, 6) is -0.756. The number of methoxy groups -OCH3 is 1. The fourth-order valence-corrected chi connectivity index (χ4v) is 5.60. The minimum absolute atomic E-state index is 0.195. The van der Waals surface area contributed by atoms with Crippen molar-refractivity contribution in [3.05, 3.63) is 29.3 Å². The lowest BCUT2D eigenvalue weighted by Gasteiger charge is -2.41. The van der Waals surface area contributed by atoms with Crippen LogP contribution in [0.25, 0.3) is 0 Å². The Morgan fingerprint density at radius 3 is 2.55 bits per heavy atom. The molecule has 1 N–H and O–H groups in total. The lowest BCUT2D eigenvalue weighted by Crippen LogP contribution is -2.49. The van der Waals surface area contributed by atoms with Crippen LogP contribution in [0.3, 0.4) is 0 Å². The van der Waals surface area contributed by atoms with Crippen molar-refractivity contribution in [2.24, 2.45) is 11.3 Å². The summed E-state index contributed by atoms with van der Waals surface area (Å²) in [6, 6.07) is 5.12. The molecule has 12 heteroatoms. The summed E-state index contributed by atoms with van der Waals surface area (Å²) in [5, 5.41) is 11.9. The molecule has 2 heterocycles. The van der Waals surface area contributed by atoms with Gasteiger partial charge in [-0.15, -0.1) is 0 Å². The first-order valence-electron chi connectivity index (χ1n) is 10.5. The fraction of sp³-hybridized carbons (Fsp3) is 0.619. The first kappa shape index (κ1) is 25.3. The number of piperidine rings is 1. The molecule has 0 saturated carbocycles. The Labute approximate surface area is 191 Å². The molecule has 2 saturated heterocycles. The standard InChI is InChI=1S/C21H27F3N4O4S/c1-32-10-7-26-19(29)18-13-27(14-20(18)5-8-28(9-6-20)33(2,30)31)16-4-3-15(12-25)17(11-16)21(22,23)24/h3-4,11,18H,5-10,13-14H2,1-2H3,(H,26,29). The van der Waals surface area contributed by atoms with E-state index < -0.39 is 38.7 Å². The van der Waals surface area contributed by atoms with Gasteiger partial charge in [0.25, 0.3) is 0 Å². The second kappa shape index (κ2) is 9.48. The molecule has 182 valence electrons. The number of nitrogens with zero attached hydrogens (tertiary/aromatic N) is 3. The van der Waals surface area contributed by atoms with Gasteiger partial charge in [-0.05, 0) is 31.0 Å². The van der Waals surface area contributed by atoms with Gasteiger partial charge < -0.3 is 15.0 Å². The molecule has 1 atom stereocenters. The molecule has 2 fully saturated rings. The first-order chi connectivity index (χ1) is 15.4. The minimum Gasteiger partial charge on any atom is -0.383 e. The van der Waals surface area contributed by atoms with E-state index in [9.17, 15) is 26.4 Å². The number of carbonyl (C=O) groups excluding carboxylic acids is 1. The highest BCUT2D eigenvalue weighted by atomic mass is 32.2. The van der Waals surface area contributed by atoms with Gasteiger partial charge in [-0.3, -0.25) is 4.79 Å². The van der Waals surface area contributed by atoms with Gasteiger partial charge in [0.05, 0.1) is 36.0 Å². The summed E-state index contributed by atoms with van der Waals surface area (Å²) >= 11 is 0. The van der Waals surface area contributed by atoms with Crippen molar-refractivity contribution in [1.82, 2.24) is 9.62 Å². The average Bonchev–Trinajstić information content (AvgIpc) is 3.11. The topological polar surface area (TPSA) is 103 Å². The zero-order chi connectivity index (χ0) is 24.4. The van der Waals surface area contributed by atoms with E-state index in [0.717, 1.165) is 18.4 Å². The normalized spacial score (nSPS) is 21.2. The van der Waals surface area contributed by atoms with Gasteiger partial charge in [0, 0.05) is 50.9 Å². The highest BCUT2D eigenvalue weighted by Gasteiger charge is 2.52. The van der Waals surface area contributed by atoms with Crippen LogP contribution >= 0.6 is 0 Å². The Morgan fingerprint density at radius 1 is 1.33 bits per heavy atom. The van der Waals surface area contributed by atoms with E-state index in [1.54, 1.807) is 11.0 Å². The quantitative estimate of drug-likeness (QED) is 0.613. The Morgan fingerprint density at radius 2 is 2.00 bits per heavy atom. The SMILES string of the molecule is COCCNC(=O)C1CN(c2ccc(C#N)c(C(F)(F)F)c2)CC12CCN(S(C)(=O)=O)CC2. The van der Waals surface area contributed by atoms with Gasteiger partial charge in [-0.1, -0.05) is 0 Å². The summed E-state index contributed by atoms with van der Waals surface area (Å²) in [7, 11) is -1.87. The molecule has 3 rings (SSSR count). The van der Waals surface area contributed by atoms with Crippen molar-refractivity contribution in [1.29, 1.82) is 5.26 Å². The molecule has 0 radical (unpaired) electrons. The van der Waals surface area contributed by atoms with Gasteiger partial charge in [-0.2, -0.15) is 18.4 Å². The molecule has 1 aromatic carbocycles. The third kappa shape index (κ3) is 5.42. The van der Waals surface area contributed by atoms with Crippen LogP contribution < -0.4 is 10.2 Å². The first-order valence-corrected chi connectivity index (χ1v) is 12.3. The molecule has 1 aromatic rings. The number of ether oxygens (including phenoxy) is 1. The number of amides is 1. The zero-order valence-corrected chi connectivity index (χ0v) is 19.3. The molecule has 0 aliphatic carbocycles. The van der Waals surface area contributed by atoms with Crippen LogP contribution in [0.15, 0.2) is 18.2 Å². The molecular formula is C21H27F3N4O4S. The number of alkyl halides is 3. The van der Waals surface area contributed by atoms with Gasteiger partial charge >= 0.3 is 6.18 Å². The van der Waals surface area contributed by atoms with Crippen LogP contribution in [0.1, 0.15) is 24.0 Å². The number of halogens is 3. The van der Waals surface area contributed by atoms with E-state index >= 15 is 0 Å². The van der Waals surface area contributed by atoms with Gasteiger partial charge in [0.1, 0.15) is 0 Å². The number of rotatable bonds is 6. The van der Waals surface area contributed by atoms with Crippen LogP contribution in [0.4, 0.5) is 18.9 Å². The summed E-state index contributed by atoms with van der Waals surface area (Å²) in [5.41, 5.74) is -1.78. The molecule has 1 spiro atoms. The van der Waals surface area contributed by atoms with Gasteiger partial charge in [0.2, 0.25) is 15.9 Å². The molecule has 1 unspecified atom stereocenters. The number of carbonyl (C=O) groups is 1. The molecular weight excluding hydrogens is 461 g/mol. The van der Waals surface area contributed by atoms with E-state index in [2.05, 4.69) is 5.32 Å². The van der Waals surface area contributed by atoms with Crippen LogP contribution in [-0.2, 0) is 25.7 Å². The Kier molecular flexibility index (Phi) is 7.26. The number of anilines is 1. The lowest BCUT2D eigenvalue weighted by molar-refractivity contribution is -0.137. The fourth-order valence-electron chi connectivity index (χ4n) is 4.76. The predicted octanol–water partition coefficient (Wildman–Crippen LogP) is 1.82. The molecule has 2 aliphatic heterocycles. The smallest absolute Gasteiger partial charge is 0.383 e. The molecule has 0 bridgehead atoms. The van der Waals surface area contributed by atoms with E-state index in [1.807, 2.05) is 0 Å². The molecule has 0 aromatic heterocycles. The zero-order valence-electron chi connectivity index (χ0n) is 18.5. The number of sulfonamides is 1. The molecule has 8 nitrogen and oxygen atoms in total. The molecule has 2 aliphatic rings. The highest BCUT2D eigenvalue weighted by Crippen LogP contribution is 2.47. The Hall–Kier alpha value is -2.36. The third-order valence-electron chi connectivity index (χ3n) is 6.55. The highest BCUT2D eigenvalue weighted by molar-refractivity contribution is 7.88. The summed E-state index contributed by atoms with van der Waals surface area (Å²) in [6.45, 7) is 1.62. The summed E-state index contributed by atoms with van der Waals surface area (Å²) in [6.07, 6.45) is -2.71. The minimum atomic E-state index is -4.68. The summed E-state index contributed by atoms with van der Waals surface area (Å²) in [4.78, 5) is 14.8. The second-order valence-electron chi connectivity index (χ2n) is 8.58. The molecule has 33 heavy (non-hydrogen) atoms. The predicted molar refractivity (Wildman–Crippen MR) is 115 cm³/mol. The average molecular weight is 489 g/mol. The maximum Gasteiger partial charge on any atom is 0.417 e. The van der Waals surface area contributed by atoms with Gasteiger partial charge in [0.15, 0.2) is 0 Å². The number of nitrogens with one attached hydrogen (secondary N) is 1.